The number of rotatable bonds is 5. The van der Waals surface area contributed by atoms with E-state index in [9.17, 15) is 4.79 Å². The zero-order chi connectivity index (χ0) is 22.0. The molecule has 0 saturated carbocycles. The third-order valence-corrected chi connectivity index (χ3v) is 8.01. The monoisotopic (exact) mass is 452 g/mol. The second-order valence-corrected chi connectivity index (χ2v) is 10.3. The summed E-state index contributed by atoms with van der Waals surface area (Å²) in [5, 5.41) is 0.824. The lowest BCUT2D eigenvalue weighted by Gasteiger charge is -2.38. The largest absolute Gasteiger partial charge is 0.377 e. The fraction of sp³-hybridized carbons (Fsp3) is 0.519. The molecule has 5 rings (SSSR count). The van der Waals surface area contributed by atoms with Gasteiger partial charge in [-0.3, -0.25) is 9.69 Å². The summed E-state index contributed by atoms with van der Waals surface area (Å²) in [5.74, 6) is 0.196. The predicted molar refractivity (Wildman–Crippen MR) is 128 cm³/mol. The van der Waals surface area contributed by atoms with E-state index in [1.54, 1.807) is 0 Å². The molecule has 3 fully saturated rings. The van der Waals surface area contributed by atoms with Gasteiger partial charge in [-0.1, -0.05) is 48.0 Å². The number of halogens is 1. The van der Waals surface area contributed by atoms with Crippen LogP contribution >= 0.6 is 11.6 Å². The number of nitrogens with zero attached hydrogens (tertiary/aromatic N) is 2. The second-order valence-electron chi connectivity index (χ2n) is 9.87. The van der Waals surface area contributed by atoms with E-state index < -0.39 is 0 Å². The van der Waals surface area contributed by atoms with Gasteiger partial charge in [0.15, 0.2) is 0 Å². The van der Waals surface area contributed by atoms with E-state index in [0.717, 1.165) is 75.6 Å². The van der Waals surface area contributed by atoms with E-state index in [1.807, 2.05) is 30.3 Å². The molecule has 1 atom stereocenters. The first-order valence-corrected chi connectivity index (χ1v) is 12.4. The lowest BCUT2D eigenvalue weighted by Crippen LogP contribution is -2.44. The number of carbonyl (C=O) groups is 1. The smallest absolute Gasteiger partial charge is 0.254 e. The van der Waals surface area contributed by atoms with Crippen molar-refractivity contribution in [3.63, 3.8) is 0 Å². The molecule has 5 heteroatoms. The molecule has 4 nitrogen and oxygen atoms in total. The summed E-state index contributed by atoms with van der Waals surface area (Å²) in [7, 11) is 0. The molecule has 32 heavy (non-hydrogen) atoms. The second kappa shape index (κ2) is 9.54. The van der Waals surface area contributed by atoms with Crippen LogP contribution in [0.2, 0.25) is 5.02 Å². The molecule has 0 N–H and O–H groups in total. The quantitative estimate of drug-likeness (QED) is 0.625. The number of ether oxygens (including phenoxy) is 1. The first-order chi connectivity index (χ1) is 15.6. The van der Waals surface area contributed by atoms with Gasteiger partial charge in [-0.05, 0) is 73.9 Å². The molecule has 170 valence electrons. The van der Waals surface area contributed by atoms with E-state index in [-0.39, 0.29) is 17.4 Å². The van der Waals surface area contributed by atoms with Crippen LogP contribution < -0.4 is 0 Å². The summed E-state index contributed by atoms with van der Waals surface area (Å²) in [5.41, 5.74) is 3.43. The molecule has 0 radical (unpaired) electrons. The topological polar surface area (TPSA) is 32.8 Å². The lowest BCUT2D eigenvalue weighted by molar-refractivity contribution is 0.0495. The van der Waals surface area contributed by atoms with Crippen molar-refractivity contribution < 1.29 is 9.53 Å². The molecule has 1 unspecified atom stereocenters. The van der Waals surface area contributed by atoms with E-state index in [2.05, 4.69) is 28.0 Å². The SMILES string of the molecule is O=C(c1ccccc1CN1CCCC1)N1CCC2(CC1)COC(Cc1ccccc1Cl)C2. The van der Waals surface area contributed by atoms with Crippen molar-refractivity contribution in [1.82, 2.24) is 9.80 Å². The van der Waals surface area contributed by atoms with Gasteiger partial charge in [0.25, 0.3) is 5.91 Å². The number of amides is 1. The molecular weight excluding hydrogens is 420 g/mol. The van der Waals surface area contributed by atoms with Gasteiger partial charge in [0.05, 0.1) is 12.7 Å². The molecule has 0 aromatic heterocycles. The molecule has 2 aromatic rings. The summed E-state index contributed by atoms with van der Waals surface area (Å²) in [4.78, 5) is 17.9. The molecule has 3 saturated heterocycles. The summed E-state index contributed by atoms with van der Waals surface area (Å²) in [6.07, 6.45) is 6.73. The highest BCUT2D eigenvalue weighted by atomic mass is 35.5. The maximum absolute atomic E-state index is 13.4. The summed E-state index contributed by atoms with van der Waals surface area (Å²) in [6, 6.07) is 16.2. The Morgan fingerprint density at radius 1 is 0.969 bits per heavy atom. The highest BCUT2D eigenvalue weighted by Crippen LogP contribution is 2.43. The van der Waals surface area contributed by atoms with Crippen molar-refractivity contribution in [3.8, 4) is 0 Å². The van der Waals surface area contributed by atoms with Gasteiger partial charge < -0.3 is 9.64 Å². The lowest BCUT2D eigenvalue weighted by atomic mass is 9.76. The average molecular weight is 453 g/mol. The van der Waals surface area contributed by atoms with Crippen molar-refractivity contribution in [2.24, 2.45) is 5.41 Å². The predicted octanol–water partition coefficient (Wildman–Crippen LogP) is 5.19. The first-order valence-electron chi connectivity index (χ1n) is 12.1. The normalized spacial score (nSPS) is 23.2. The zero-order valence-electron chi connectivity index (χ0n) is 18.8. The van der Waals surface area contributed by atoms with Crippen LogP contribution in [0.25, 0.3) is 0 Å². The summed E-state index contributed by atoms with van der Waals surface area (Å²) in [6.45, 7) is 5.61. The maximum Gasteiger partial charge on any atom is 0.254 e. The van der Waals surface area contributed by atoms with Crippen molar-refractivity contribution >= 4 is 17.5 Å². The molecule has 1 amide bonds. The minimum atomic E-state index is 0.196. The first kappa shape index (κ1) is 21.9. The Hall–Kier alpha value is -1.88. The van der Waals surface area contributed by atoms with Gasteiger partial charge in [0.1, 0.15) is 0 Å². The van der Waals surface area contributed by atoms with E-state index in [4.69, 9.17) is 16.3 Å². The molecule has 1 spiro atoms. The third kappa shape index (κ3) is 4.73. The van der Waals surface area contributed by atoms with Gasteiger partial charge in [-0.15, -0.1) is 0 Å². The van der Waals surface area contributed by atoms with Crippen LogP contribution in [0.5, 0.6) is 0 Å². The minimum absolute atomic E-state index is 0.196. The van der Waals surface area contributed by atoms with Crippen LogP contribution in [0.1, 0.15) is 53.6 Å². The Balaban J connectivity index is 1.19. The summed E-state index contributed by atoms with van der Waals surface area (Å²) >= 11 is 6.36. The Morgan fingerprint density at radius 3 is 2.41 bits per heavy atom. The van der Waals surface area contributed by atoms with Gasteiger partial charge >= 0.3 is 0 Å². The van der Waals surface area contributed by atoms with Crippen LogP contribution in [-0.4, -0.2) is 54.6 Å². The Labute approximate surface area is 196 Å². The molecular formula is C27H33ClN2O2. The van der Waals surface area contributed by atoms with Gasteiger partial charge in [-0.25, -0.2) is 0 Å². The van der Waals surface area contributed by atoms with Crippen LogP contribution in [0.3, 0.4) is 0 Å². The van der Waals surface area contributed by atoms with E-state index in [1.165, 1.54) is 24.0 Å². The van der Waals surface area contributed by atoms with Crippen molar-refractivity contribution in [3.05, 3.63) is 70.2 Å². The molecule has 0 aliphatic carbocycles. The number of benzene rings is 2. The molecule has 3 aliphatic rings. The fourth-order valence-corrected chi connectivity index (χ4v) is 5.90. The Morgan fingerprint density at radius 2 is 1.66 bits per heavy atom. The van der Waals surface area contributed by atoms with Crippen molar-refractivity contribution in [2.75, 3.05) is 32.8 Å². The van der Waals surface area contributed by atoms with E-state index in [0.29, 0.717) is 0 Å². The Bertz CT molecular complexity index is 948. The standard InChI is InChI=1S/C27H33ClN2O2/c28-25-10-4-2-7-21(25)17-23-18-27(20-32-23)11-15-30(16-12-27)26(31)24-9-3-1-8-22(24)19-29-13-5-6-14-29/h1-4,7-10,23H,5-6,11-20H2. The number of carbonyl (C=O) groups excluding carboxylic acids is 1. The summed E-state index contributed by atoms with van der Waals surface area (Å²) < 4.78 is 6.21. The molecule has 3 heterocycles. The Kier molecular flexibility index (Phi) is 6.54. The molecule has 0 bridgehead atoms. The highest BCUT2D eigenvalue weighted by Gasteiger charge is 2.43. The van der Waals surface area contributed by atoms with Crippen LogP contribution in [0, 0.1) is 5.41 Å². The van der Waals surface area contributed by atoms with Crippen LogP contribution in [0.4, 0.5) is 0 Å². The maximum atomic E-state index is 13.4. The molecule has 2 aromatic carbocycles. The number of piperidine rings is 1. The minimum Gasteiger partial charge on any atom is -0.377 e. The van der Waals surface area contributed by atoms with Gasteiger partial charge in [0.2, 0.25) is 0 Å². The van der Waals surface area contributed by atoms with Gasteiger partial charge in [-0.2, -0.15) is 0 Å². The van der Waals surface area contributed by atoms with E-state index >= 15 is 0 Å². The van der Waals surface area contributed by atoms with Crippen molar-refractivity contribution in [2.45, 2.75) is 51.2 Å². The average Bonchev–Trinajstić information content (AvgIpc) is 3.46. The zero-order valence-corrected chi connectivity index (χ0v) is 19.5. The molecule has 3 aliphatic heterocycles. The number of hydrogen-bond acceptors (Lipinski definition) is 3. The highest BCUT2D eigenvalue weighted by molar-refractivity contribution is 6.31. The van der Waals surface area contributed by atoms with Crippen molar-refractivity contribution in [1.29, 1.82) is 0 Å². The van der Waals surface area contributed by atoms with Crippen LogP contribution in [-0.2, 0) is 17.7 Å². The number of likely N-dealkylation sites (tertiary alicyclic amines) is 2. The van der Waals surface area contributed by atoms with Crippen LogP contribution in [0.15, 0.2) is 48.5 Å². The fourth-order valence-electron chi connectivity index (χ4n) is 5.69. The third-order valence-electron chi connectivity index (χ3n) is 7.64. The number of hydrogen-bond donors (Lipinski definition) is 0. The van der Waals surface area contributed by atoms with Gasteiger partial charge in [0, 0.05) is 36.6 Å².